The summed E-state index contributed by atoms with van der Waals surface area (Å²) >= 11 is -2.10. The normalized spacial score (nSPS) is 12.4. The Kier molecular flexibility index (Phi) is 6.04. The van der Waals surface area contributed by atoms with Crippen LogP contribution in [0.2, 0.25) is 0 Å². The summed E-state index contributed by atoms with van der Waals surface area (Å²) in [6.45, 7) is 0. The molecule has 0 N–H and O–H groups in total. The van der Waals surface area contributed by atoms with Gasteiger partial charge in [-0.25, -0.2) is 0 Å². The van der Waals surface area contributed by atoms with Crippen molar-refractivity contribution in [1.29, 1.82) is 0 Å². The molecule has 1 aromatic carbocycles. The summed E-state index contributed by atoms with van der Waals surface area (Å²) in [5.74, 6) is 0. The molecule has 12 heavy (non-hydrogen) atoms. The molecule has 0 saturated heterocycles. The van der Waals surface area contributed by atoms with Crippen molar-refractivity contribution >= 4 is 17.2 Å². The van der Waals surface area contributed by atoms with E-state index in [0.29, 0.717) is 0 Å². The van der Waals surface area contributed by atoms with Crippen LogP contribution in [0.3, 0.4) is 0 Å². The third kappa shape index (κ3) is 4.53. The summed E-state index contributed by atoms with van der Waals surface area (Å²) in [5.41, 5.74) is 0.886. The van der Waals surface area contributed by atoms with Crippen LogP contribution in [-0.2, 0) is 11.1 Å². The number of rotatable bonds is 2. The van der Waals surface area contributed by atoms with Crippen LogP contribution in [0.25, 0.3) is 6.08 Å². The van der Waals surface area contributed by atoms with Gasteiger partial charge in [0.25, 0.3) is 0 Å². The average Bonchev–Trinajstić information content (AvgIpc) is 2.03. The van der Waals surface area contributed by atoms with Crippen LogP contribution in [0.4, 0.5) is 0 Å². The summed E-state index contributed by atoms with van der Waals surface area (Å²) < 4.78 is 20.2. The van der Waals surface area contributed by atoms with Gasteiger partial charge in [-0.3, -0.25) is 4.21 Å². The number of hydrogen-bond acceptors (Lipinski definition) is 2. The van der Waals surface area contributed by atoms with Crippen LogP contribution in [0.15, 0.2) is 35.7 Å². The Morgan fingerprint density at radius 2 is 1.92 bits per heavy atom. The zero-order valence-electron chi connectivity index (χ0n) is 7.77. The van der Waals surface area contributed by atoms with Crippen molar-refractivity contribution < 1.29 is 29.0 Å². The molecule has 0 amide bonds. The van der Waals surface area contributed by atoms with Gasteiger partial charge in [-0.2, -0.15) is 0 Å². The first-order chi connectivity index (χ1) is 5.29. The van der Waals surface area contributed by atoms with E-state index in [1.165, 1.54) is 0 Å². The molecule has 2 nitrogen and oxygen atoms in total. The van der Waals surface area contributed by atoms with E-state index >= 15 is 0 Å². The second-order valence-electron chi connectivity index (χ2n) is 1.97. The van der Waals surface area contributed by atoms with Crippen LogP contribution in [0.1, 0.15) is 6.99 Å². The summed E-state index contributed by atoms with van der Waals surface area (Å²) in [6.07, 6.45) is 1.54. The Labute approximate surface area is 87.6 Å². The van der Waals surface area contributed by atoms with Gasteiger partial charge < -0.3 is 5.98 Å². The van der Waals surface area contributed by atoms with Crippen molar-refractivity contribution in [3.8, 4) is 0 Å². The van der Waals surface area contributed by atoms with Crippen LogP contribution in [-0.4, -0.2) is 8.76 Å². The second-order valence-corrected chi connectivity index (χ2v) is 2.77. The van der Waals surface area contributed by atoms with Gasteiger partial charge in [-0.15, -0.1) is 0 Å². The molecule has 0 aliphatic heterocycles. The van der Waals surface area contributed by atoms with E-state index in [-0.39, 0.29) is 20.3 Å². The van der Waals surface area contributed by atoms with Crippen molar-refractivity contribution in [3.05, 3.63) is 41.3 Å². The summed E-state index contributed by atoms with van der Waals surface area (Å²) in [6, 6.07) is 9.26. The first-order valence-corrected chi connectivity index (χ1v) is 4.24. The average molecular weight is 175 g/mol. The Bertz CT molecular complexity index is 277. The van der Waals surface area contributed by atoms with Gasteiger partial charge >= 0.3 is 18.9 Å². The van der Waals surface area contributed by atoms with Gasteiger partial charge in [0.05, 0.1) is 0 Å². The van der Waals surface area contributed by atoms with E-state index in [9.17, 15) is 8.76 Å². The van der Waals surface area contributed by atoms with Crippen molar-refractivity contribution in [3.63, 3.8) is 0 Å². The van der Waals surface area contributed by atoms with Gasteiger partial charge in [0.2, 0.25) is 0 Å². The maximum atomic E-state index is 10.1. The molecule has 1 aromatic rings. The third-order valence-electron chi connectivity index (χ3n) is 1.17. The molecule has 0 heterocycles. The van der Waals surface area contributed by atoms with E-state index in [1.54, 1.807) is 6.08 Å². The molecule has 0 aromatic heterocycles. The molecule has 0 aliphatic rings. The fraction of sp³-hybridized carbons (Fsp3) is 0. The first-order valence-electron chi connectivity index (χ1n) is 3.10. The van der Waals surface area contributed by atoms with Gasteiger partial charge in [0.1, 0.15) is 0 Å². The number of hydrogen-bond donors (Lipinski definition) is 0. The summed E-state index contributed by atoms with van der Waals surface area (Å²) in [4.78, 5) is 0. The molecule has 4 heteroatoms. The zero-order chi connectivity index (χ0) is 8.10. The Morgan fingerprint density at radius 3 is 2.42 bits per heavy atom. The standard InChI is InChI=1S/C8H8O2S.Li.H/c9-11(10)7-6-8-4-2-1-3-5-8;;/h1-7H,(H,9,10);;/q;+1;-1/p-1. The number of benzene rings is 1. The van der Waals surface area contributed by atoms with E-state index in [4.69, 9.17) is 0 Å². The molecule has 1 unspecified atom stereocenters. The third-order valence-corrected chi connectivity index (χ3v) is 1.53. The molecule has 0 bridgehead atoms. The molecule has 0 radical (unpaired) electrons. The van der Waals surface area contributed by atoms with E-state index in [0.717, 1.165) is 11.0 Å². The van der Waals surface area contributed by atoms with Gasteiger partial charge in [-0.05, 0) is 28.1 Å². The minimum absolute atomic E-state index is 0. The molecule has 1 rings (SSSR count). The van der Waals surface area contributed by atoms with Crippen molar-refractivity contribution in [2.45, 2.75) is 0 Å². The van der Waals surface area contributed by atoms with Crippen molar-refractivity contribution in [2.75, 3.05) is 0 Å². The van der Waals surface area contributed by atoms with E-state index < -0.39 is 11.1 Å². The minimum Gasteiger partial charge on any atom is -1.00 e. The fourth-order valence-electron chi connectivity index (χ4n) is 0.698. The molecule has 0 saturated carbocycles. The van der Waals surface area contributed by atoms with Crippen LogP contribution < -0.4 is 18.9 Å². The van der Waals surface area contributed by atoms with Crippen molar-refractivity contribution in [1.82, 2.24) is 0 Å². The topological polar surface area (TPSA) is 40.1 Å². The molecule has 0 fully saturated rings. The monoisotopic (exact) mass is 175 g/mol. The van der Waals surface area contributed by atoms with E-state index in [1.807, 2.05) is 30.3 Å². The molecular weight excluding hydrogens is 167 g/mol. The first kappa shape index (κ1) is 11.7. The van der Waals surface area contributed by atoms with Crippen LogP contribution >= 0.6 is 0 Å². The minimum atomic E-state index is -2.10. The van der Waals surface area contributed by atoms with Crippen molar-refractivity contribution in [2.24, 2.45) is 0 Å². The van der Waals surface area contributed by atoms with Gasteiger partial charge in [0, 0.05) is 0 Å². The van der Waals surface area contributed by atoms with Crippen LogP contribution in [0, 0.1) is 0 Å². The maximum Gasteiger partial charge on any atom is 1.00 e. The SMILES string of the molecule is O=S([O-])C=Cc1ccccc1.[H-].[Li+]. The fourth-order valence-corrected chi connectivity index (χ4v) is 0.967. The zero-order valence-corrected chi connectivity index (χ0v) is 7.58. The maximum absolute atomic E-state index is 10.1. The van der Waals surface area contributed by atoms with Gasteiger partial charge in [0.15, 0.2) is 0 Å². The predicted molar refractivity (Wildman–Crippen MR) is 45.5 cm³/mol. The quantitative estimate of drug-likeness (QED) is 0.412. The Hall–Kier alpha value is -0.333. The Balaban J connectivity index is 0. The van der Waals surface area contributed by atoms with Gasteiger partial charge in [-0.1, -0.05) is 30.3 Å². The molecule has 60 valence electrons. The molecule has 0 spiro atoms. The summed E-state index contributed by atoms with van der Waals surface area (Å²) in [7, 11) is 0. The summed E-state index contributed by atoms with van der Waals surface area (Å²) in [5, 5.41) is 1.12. The largest absolute Gasteiger partial charge is 1.00 e. The molecule has 1 atom stereocenters. The Morgan fingerprint density at radius 1 is 1.33 bits per heavy atom. The molecular formula is C8H8LiO2S-. The van der Waals surface area contributed by atoms with Crippen LogP contribution in [0.5, 0.6) is 0 Å². The smallest absolute Gasteiger partial charge is 1.00 e. The van der Waals surface area contributed by atoms with E-state index in [2.05, 4.69) is 0 Å². The predicted octanol–water partition coefficient (Wildman–Crippen LogP) is -1.35. The second kappa shape index (κ2) is 6.21. The molecule has 0 aliphatic carbocycles.